The fourth-order valence-corrected chi connectivity index (χ4v) is 2.35. The fourth-order valence-electron chi connectivity index (χ4n) is 2.19. The first-order valence-electron chi connectivity index (χ1n) is 6.08. The van der Waals surface area contributed by atoms with Gasteiger partial charge < -0.3 is 10.1 Å². The molecule has 2 rings (SSSR count). The summed E-state index contributed by atoms with van der Waals surface area (Å²) >= 11 is 5.76. The van der Waals surface area contributed by atoms with Crippen molar-refractivity contribution < 1.29 is 9.13 Å². The van der Waals surface area contributed by atoms with Crippen molar-refractivity contribution in [1.29, 1.82) is 0 Å². The predicted octanol–water partition coefficient (Wildman–Crippen LogP) is 4.23. The van der Waals surface area contributed by atoms with E-state index < -0.39 is 5.82 Å². The van der Waals surface area contributed by atoms with Crippen LogP contribution >= 0.6 is 11.6 Å². The summed E-state index contributed by atoms with van der Waals surface area (Å²) in [5.74, 6) is 0.132. The van der Waals surface area contributed by atoms with Crippen LogP contribution in [0.3, 0.4) is 0 Å². The smallest absolute Gasteiger partial charge is 0.145 e. The standard InChI is InChI=1S/C13H17ClFNO/c1-3-5-12-10(4-2)16-11-6-8(14)9(15)7-13(11)17-12/h6-7,10,12,16H,3-5H2,1-2H3. The van der Waals surface area contributed by atoms with Gasteiger partial charge in [0, 0.05) is 6.07 Å². The highest BCUT2D eigenvalue weighted by atomic mass is 35.5. The molecule has 0 radical (unpaired) electrons. The van der Waals surface area contributed by atoms with Gasteiger partial charge in [0.05, 0.1) is 16.8 Å². The van der Waals surface area contributed by atoms with E-state index in [-0.39, 0.29) is 17.2 Å². The van der Waals surface area contributed by atoms with Gasteiger partial charge >= 0.3 is 0 Å². The monoisotopic (exact) mass is 257 g/mol. The normalized spacial score (nSPS) is 22.6. The zero-order valence-electron chi connectivity index (χ0n) is 10.1. The van der Waals surface area contributed by atoms with Crippen LogP contribution in [0.5, 0.6) is 5.75 Å². The van der Waals surface area contributed by atoms with Crippen molar-refractivity contribution in [3.8, 4) is 5.75 Å². The summed E-state index contributed by atoms with van der Waals surface area (Å²) in [6, 6.07) is 3.22. The molecule has 1 aliphatic rings. The van der Waals surface area contributed by atoms with Crippen molar-refractivity contribution >= 4 is 17.3 Å². The van der Waals surface area contributed by atoms with Gasteiger partial charge in [-0.25, -0.2) is 4.39 Å². The molecule has 0 saturated heterocycles. The molecule has 1 heterocycles. The first-order valence-corrected chi connectivity index (χ1v) is 6.45. The second-order valence-corrected chi connectivity index (χ2v) is 4.77. The molecule has 4 heteroatoms. The molecule has 0 saturated carbocycles. The Morgan fingerprint density at radius 1 is 1.41 bits per heavy atom. The zero-order chi connectivity index (χ0) is 12.4. The Hall–Kier alpha value is -0.960. The Labute approximate surface area is 106 Å². The van der Waals surface area contributed by atoms with Crippen LogP contribution in [-0.4, -0.2) is 12.1 Å². The van der Waals surface area contributed by atoms with Crippen LogP contribution < -0.4 is 10.1 Å². The van der Waals surface area contributed by atoms with Crippen molar-refractivity contribution in [2.24, 2.45) is 0 Å². The maximum absolute atomic E-state index is 13.4. The van der Waals surface area contributed by atoms with E-state index in [0.29, 0.717) is 5.75 Å². The van der Waals surface area contributed by atoms with Crippen molar-refractivity contribution in [2.45, 2.75) is 45.3 Å². The summed E-state index contributed by atoms with van der Waals surface area (Å²) in [7, 11) is 0. The van der Waals surface area contributed by atoms with Gasteiger partial charge in [-0.3, -0.25) is 0 Å². The third-order valence-corrected chi connectivity index (χ3v) is 3.39. The minimum Gasteiger partial charge on any atom is -0.486 e. The number of rotatable bonds is 3. The van der Waals surface area contributed by atoms with Gasteiger partial charge in [0.1, 0.15) is 17.7 Å². The second kappa shape index (κ2) is 5.13. The summed E-state index contributed by atoms with van der Waals surface area (Å²) in [4.78, 5) is 0. The molecule has 0 fully saturated rings. The lowest BCUT2D eigenvalue weighted by molar-refractivity contribution is 0.155. The van der Waals surface area contributed by atoms with Crippen LogP contribution in [0.15, 0.2) is 12.1 Å². The Morgan fingerprint density at radius 3 is 2.82 bits per heavy atom. The third-order valence-electron chi connectivity index (χ3n) is 3.10. The maximum atomic E-state index is 13.4. The van der Waals surface area contributed by atoms with Crippen LogP contribution in [0, 0.1) is 5.82 Å². The minimum atomic E-state index is -0.433. The van der Waals surface area contributed by atoms with Crippen LogP contribution in [0.2, 0.25) is 5.02 Å². The average molecular weight is 258 g/mol. The number of halogens is 2. The molecule has 0 aromatic heterocycles. The molecular weight excluding hydrogens is 241 g/mol. The number of hydrogen-bond acceptors (Lipinski definition) is 2. The van der Waals surface area contributed by atoms with E-state index >= 15 is 0 Å². The molecule has 2 nitrogen and oxygen atoms in total. The highest BCUT2D eigenvalue weighted by molar-refractivity contribution is 6.31. The fraction of sp³-hybridized carbons (Fsp3) is 0.538. The van der Waals surface area contributed by atoms with Crippen LogP contribution in [0.4, 0.5) is 10.1 Å². The summed E-state index contributed by atoms with van der Waals surface area (Å²) in [6.07, 6.45) is 3.10. The van der Waals surface area contributed by atoms with Crippen molar-refractivity contribution in [3.63, 3.8) is 0 Å². The number of benzene rings is 1. The number of hydrogen-bond donors (Lipinski definition) is 1. The Bertz CT molecular complexity index is 411. The molecule has 0 bridgehead atoms. The lowest BCUT2D eigenvalue weighted by atomic mass is 10.0. The van der Waals surface area contributed by atoms with Gasteiger partial charge in [-0.2, -0.15) is 0 Å². The number of fused-ring (bicyclic) bond motifs is 1. The van der Waals surface area contributed by atoms with E-state index in [2.05, 4.69) is 19.2 Å². The molecule has 2 unspecified atom stereocenters. The van der Waals surface area contributed by atoms with E-state index in [1.54, 1.807) is 6.07 Å². The molecule has 2 atom stereocenters. The van der Waals surface area contributed by atoms with E-state index in [9.17, 15) is 4.39 Å². The van der Waals surface area contributed by atoms with Crippen LogP contribution in [-0.2, 0) is 0 Å². The van der Waals surface area contributed by atoms with Crippen molar-refractivity contribution in [3.05, 3.63) is 23.0 Å². The van der Waals surface area contributed by atoms with Gasteiger partial charge in [-0.05, 0) is 18.9 Å². The Balaban J connectivity index is 2.29. The Morgan fingerprint density at radius 2 is 2.18 bits per heavy atom. The summed E-state index contributed by atoms with van der Waals surface area (Å²) in [5, 5.41) is 3.50. The minimum absolute atomic E-state index is 0.109. The molecule has 0 aliphatic carbocycles. The topological polar surface area (TPSA) is 21.3 Å². The Kier molecular flexibility index (Phi) is 3.77. The summed E-state index contributed by atoms with van der Waals surface area (Å²) in [6.45, 7) is 4.23. The van der Waals surface area contributed by atoms with E-state index in [0.717, 1.165) is 24.9 Å². The molecule has 0 spiro atoms. The van der Waals surface area contributed by atoms with Gasteiger partial charge in [-0.15, -0.1) is 0 Å². The molecule has 94 valence electrons. The lowest BCUT2D eigenvalue weighted by Crippen LogP contribution is -2.40. The average Bonchev–Trinajstić information content (AvgIpc) is 2.31. The number of ether oxygens (including phenoxy) is 1. The summed E-state index contributed by atoms with van der Waals surface area (Å²) < 4.78 is 19.2. The van der Waals surface area contributed by atoms with Gasteiger partial charge in [0.25, 0.3) is 0 Å². The molecule has 1 aromatic carbocycles. The largest absolute Gasteiger partial charge is 0.486 e. The molecule has 1 N–H and O–H groups in total. The summed E-state index contributed by atoms with van der Waals surface area (Å²) in [5.41, 5.74) is 0.788. The van der Waals surface area contributed by atoms with Crippen LogP contribution in [0.25, 0.3) is 0 Å². The predicted molar refractivity (Wildman–Crippen MR) is 68.4 cm³/mol. The molecule has 0 amide bonds. The molecule has 1 aliphatic heterocycles. The van der Waals surface area contributed by atoms with Gasteiger partial charge in [-0.1, -0.05) is 31.9 Å². The SMILES string of the molecule is CCCC1Oc2cc(F)c(Cl)cc2NC1CC. The van der Waals surface area contributed by atoms with Gasteiger partial charge in [0.2, 0.25) is 0 Å². The number of nitrogens with one attached hydrogen (secondary N) is 1. The van der Waals surface area contributed by atoms with Gasteiger partial charge in [0.15, 0.2) is 0 Å². The number of anilines is 1. The van der Waals surface area contributed by atoms with Crippen molar-refractivity contribution in [2.75, 3.05) is 5.32 Å². The lowest BCUT2D eigenvalue weighted by Gasteiger charge is -2.34. The van der Waals surface area contributed by atoms with E-state index in [1.165, 1.54) is 6.07 Å². The first kappa shape index (κ1) is 12.5. The quantitative estimate of drug-likeness (QED) is 0.875. The third kappa shape index (κ3) is 2.49. The molecule has 17 heavy (non-hydrogen) atoms. The highest BCUT2D eigenvalue weighted by Gasteiger charge is 2.28. The zero-order valence-corrected chi connectivity index (χ0v) is 10.9. The first-order chi connectivity index (χ1) is 8.15. The maximum Gasteiger partial charge on any atom is 0.145 e. The molecule has 1 aromatic rings. The second-order valence-electron chi connectivity index (χ2n) is 4.37. The highest BCUT2D eigenvalue weighted by Crippen LogP contribution is 2.36. The van der Waals surface area contributed by atoms with Crippen LogP contribution in [0.1, 0.15) is 33.1 Å². The van der Waals surface area contributed by atoms with Crippen molar-refractivity contribution in [1.82, 2.24) is 0 Å². The van der Waals surface area contributed by atoms with E-state index in [4.69, 9.17) is 16.3 Å². The molecular formula is C13H17ClFNO. The van der Waals surface area contributed by atoms with E-state index in [1.807, 2.05) is 0 Å².